The van der Waals surface area contributed by atoms with Gasteiger partial charge in [-0.1, -0.05) is 13.3 Å². The minimum Gasteiger partial charge on any atom is -0.224 e. The van der Waals surface area contributed by atoms with Gasteiger partial charge in [-0.05, 0) is 43.5 Å². The van der Waals surface area contributed by atoms with E-state index in [9.17, 15) is 30.0 Å². The molecule has 142 valence electrons. The van der Waals surface area contributed by atoms with E-state index in [-0.39, 0.29) is 28.4 Å². The van der Waals surface area contributed by atoms with Crippen molar-refractivity contribution in [3.05, 3.63) is 24.3 Å². The minimum atomic E-state index is -4.33. The molecule has 1 N–H and O–H groups in total. The van der Waals surface area contributed by atoms with Crippen molar-refractivity contribution in [1.29, 1.82) is 0 Å². The molecule has 2 rings (SSSR count). The van der Waals surface area contributed by atoms with Crippen LogP contribution in [0, 0.1) is 5.92 Å². The lowest BCUT2D eigenvalue weighted by Crippen LogP contribution is -2.41. The maximum Gasteiger partial charge on any atom is 0.391 e. The van der Waals surface area contributed by atoms with Crippen LogP contribution in [0.25, 0.3) is 0 Å². The first-order valence-corrected chi connectivity index (χ1v) is 11.0. The molecule has 0 radical (unpaired) electrons. The molecule has 1 aliphatic carbocycles. The first kappa shape index (κ1) is 20.2. The van der Waals surface area contributed by atoms with Crippen LogP contribution < -0.4 is 4.72 Å². The standard InChI is InChI=1S/C15H20F3NO4S2/c1-2-24(20,21)13-6-8-14(9-7-13)25(22,23)19-12-5-3-4-11(10-12)15(16,17)18/h6-9,11-12,19H,2-5,10H2,1H3. The van der Waals surface area contributed by atoms with Crippen LogP contribution in [0.4, 0.5) is 13.2 Å². The normalized spacial score (nSPS) is 22.7. The van der Waals surface area contributed by atoms with Crippen LogP contribution in [0.2, 0.25) is 0 Å². The lowest BCUT2D eigenvalue weighted by atomic mass is 9.86. The van der Waals surface area contributed by atoms with Gasteiger partial charge < -0.3 is 0 Å². The van der Waals surface area contributed by atoms with Crippen LogP contribution in [0.5, 0.6) is 0 Å². The Morgan fingerprint density at radius 1 is 1.04 bits per heavy atom. The van der Waals surface area contributed by atoms with E-state index in [1.165, 1.54) is 19.1 Å². The average Bonchev–Trinajstić information content (AvgIpc) is 2.54. The molecule has 1 aromatic rings. The zero-order chi connectivity index (χ0) is 18.9. The van der Waals surface area contributed by atoms with Crippen LogP contribution >= 0.6 is 0 Å². The summed E-state index contributed by atoms with van der Waals surface area (Å²) in [6.45, 7) is 1.47. The molecule has 2 unspecified atom stereocenters. The molecule has 1 aliphatic rings. The summed E-state index contributed by atoms with van der Waals surface area (Å²) in [4.78, 5) is -0.166. The second kappa shape index (κ2) is 7.24. The van der Waals surface area contributed by atoms with Gasteiger partial charge in [0.05, 0.1) is 21.5 Å². The molecule has 0 heterocycles. The summed E-state index contributed by atoms with van der Waals surface area (Å²) in [5.74, 6) is -1.62. The summed E-state index contributed by atoms with van der Waals surface area (Å²) in [6, 6.07) is 3.88. The average molecular weight is 399 g/mol. The Balaban J connectivity index is 2.14. The topological polar surface area (TPSA) is 80.3 Å². The van der Waals surface area contributed by atoms with Gasteiger partial charge in [0.25, 0.3) is 0 Å². The number of halogens is 3. The van der Waals surface area contributed by atoms with E-state index in [2.05, 4.69) is 4.72 Å². The highest BCUT2D eigenvalue weighted by atomic mass is 32.2. The van der Waals surface area contributed by atoms with E-state index >= 15 is 0 Å². The van der Waals surface area contributed by atoms with Crippen molar-refractivity contribution in [2.24, 2.45) is 5.92 Å². The molecule has 0 aromatic heterocycles. The lowest BCUT2D eigenvalue weighted by molar-refractivity contribution is -0.183. The number of hydrogen-bond donors (Lipinski definition) is 1. The monoisotopic (exact) mass is 399 g/mol. The van der Waals surface area contributed by atoms with Gasteiger partial charge >= 0.3 is 6.18 Å². The number of hydrogen-bond acceptors (Lipinski definition) is 4. The Hall–Kier alpha value is -1.13. The third kappa shape index (κ3) is 4.95. The van der Waals surface area contributed by atoms with Gasteiger partial charge in [0, 0.05) is 6.04 Å². The van der Waals surface area contributed by atoms with Crippen molar-refractivity contribution < 1.29 is 30.0 Å². The molecular formula is C15H20F3NO4S2. The molecule has 0 bridgehead atoms. The Labute approximate surface area is 145 Å². The second-order valence-electron chi connectivity index (χ2n) is 6.10. The summed E-state index contributed by atoms with van der Waals surface area (Å²) in [5.41, 5.74) is 0. The molecule has 10 heteroatoms. The zero-order valence-corrected chi connectivity index (χ0v) is 15.2. The van der Waals surface area contributed by atoms with Gasteiger partial charge in [-0.2, -0.15) is 13.2 Å². The predicted octanol–water partition coefficient (Wildman–Crippen LogP) is 2.88. The fraction of sp³-hybridized carbons (Fsp3) is 0.600. The van der Waals surface area contributed by atoms with Gasteiger partial charge in [0.15, 0.2) is 9.84 Å². The molecule has 0 amide bonds. The summed E-state index contributed by atoms with van der Waals surface area (Å²) in [7, 11) is -7.46. The molecule has 0 aliphatic heterocycles. The van der Waals surface area contributed by atoms with E-state index in [0.29, 0.717) is 12.8 Å². The largest absolute Gasteiger partial charge is 0.391 e. The van der Waals surface area contributed by atoms with Crippen LogP contribution in [0.15, 0.2) is 34.1 Å². The highest BCUT2D eigenvalue weighted by molar-refractivity contribution is 7.91. The molecule has 1 aromatic carbocycles. The van der Waals surface area contributed by atoms with E-state index in [0.717, 1.165) is 12.1 Å². The van der Waals surface area contributed by atoms with Gasteiger partial charge in [-0.25, -0.2) is 21.6 Å². The highest BCUT2D eigenvalue weighted by Crippen LogP contribution is 2.37. The third-order valence-corrected chi connectivity index (χ3v) is 7.62. The quantitative estimate of drug-likeness (QED) is 0.826. The van der Waals surface area contributed by atoms with Gasteiger partial charge in [0.2, 0.25) is 10.0 Å². The fourth-order valence-electron chi connectivity index (χ4n) is 2.87. The van der Waals surface area contributed by atoms with Crippen molar-refractivity contribution in [2.75, 3.05) is 5.75 Å². The number of rotatable bonds is 5. The van der Waals surface area contributed by atoms with E-state index in [4.69, 9.17) is 0 Å². The van der Waals surface area contributed by atoms with Crippen LogP contribution in [-0.2, 0) is 19.9 Å². The smallest absolute Gasteiger partial charge is 0.224 e. The summed E-state index contributed by atoms with van der Waals surface area (Å²) in [6.07, 6.45) is -3.98. The van der Waals surface area contributed by atoms with E-state index < -0.39 is 38.0 Å². The van der Waals surface area contributed by atoms with E-state index in [1.54, 1.807) is 0 Å². The van der Waals surface area contributed by atoms with Gasteiger partial charge in [0.1, 0.15) is 0 Å². The SMILES string of the molecule is CCS(=O)(=O)c1ccc(S(=O)(=O)NC2CCCC(C(F)(F)F)C2)cc1. The van der Waals surface area contributed by atoms with Gasteiger partial charge in [-0.3, -0.25) is 0 Å². The Morgan fingerprint density at radius 3 is 2.12 bits per heavy atom. The Morgan fingerprint density at radius 2 is 1.60 bits per heavy atom. The first-order chi connectivity index (χ1) is 11.5. The van der Waals surface area contributed by atoms with Crippen molar-refractivity contribution >= 4 is 19.9 Å². The summed E-state index contributed by atoms with van der Waals surface area (Å²) in [5, 5.41) is 0. The molecule has 25 heavy (non-hydrogen) atoms. The van der Waals surface area contributed by atoms with Crippen molar-refractivity contribution in [3.8, 4) is 0 Å². The maximum atomic E-state index is 12.8. The minimum absolute atomic E-state index is 0.00347. The van der Waals surface area contributed by atoms with Crippen molar-refractivity contribution in [3.63, 3.8) is 0 Å². The molecule has 0 spiro atoms. The molecule has 0 saturated heterocycles. The highest BCUT2D eigenvalue weighted by Gasteiger charge is 2.42. The Bertz CT molecular complexity index is 802. The summed E-state index contributed by atoms with van der Waals surface area (Å²) >= 11 is 0. The number of benzene rings is 1. The first-order valence-electron chi connectivity index (χ1n) is 7.87. The van der Waals surface area contributed by atoms with Crippen LogP contribution in [0.3, 0.4) is 0 Å². The molecule has 5 nitrogen and oxygen atoms in total. The Kier molecular flexibility index (Phi) is 5.85. The number of sulfone groups is 1. The zero-order valence-electron chi connectivity index (χ0n) is 13.6. The lowest BCUT2D eigenvalue weighted by Gasteiger charge is -2.30. The number of sulfonamides is 1. The molecule has 1 saturated carbocycles. The number of nitrogens with one attached hydrogen (secondary N) is 1. The predicted molar refractivity (Wildman–Crippen MR) is 86.3 cm³/mol. The van der Waals surface area contributed by atoms with Crippen LogP contribution in [0.1, 0.15) is 32.6 Å². The molecular weight excluding hydrogens is 379 g/mol. The fourth-order valence-corrected chi connectivity index (χ4v) is 5.04. The summed E-state index contributed by atoms with van der Waals surface area (Å²) < 4.78 is 89.0. The molecule has 2 atom stereocenters. The third-order valence-electron chi connectivity index (χ3n) is 4.33. The second-order valence-corrected chi connectivity index (χ2v) is 10.1. The van der Waals surface area contributed by atoms with Crippen molar-refractivity contribution in [1.82, 2.24) is 4.72 Å². The van der Waals surface area contributed by atoms with E-state index in [1.807, 2.05) is 0 Å². The number of alkyl halides is 3. The maximum absolute atomic E-state index is 12.8. The van der Waals surface area contributed by atoms with Gasteiger partial charge in [-0.15, -0.1) is 0 Å². The van der Waals surface area contributed by atoms with Crippen molar-refractivity contribution in [2.45, 2.75) is 54.6 Å². The molecule has 1 fully saturated rings. The van der Waals surface area contributed by atoms with Crippen LogP contribution in [-0.4, -0.2) is 34.8 Å².